The van der Waals surface area contributed by atoms with Crippen LogP contribution in [0.2, 0.25) is 0 Å². The molecule has 0 fully saturated rings. The third kappa shape index (κ3) is 3.21. The van der Waals surface area contributed by atoms with Gasteiger partial charge in [0.05, 0.1) is 17.1 Å². The summed E-state index contributed by atoms with van der Waals surface area (Å²) in [5, 5.41) is 10.5. The second-order valence-electron chi connectivity index (χ2n) is 3.61. The van der Waals surface area contributed by atoms with Gasteiger partial charge in [-0.15, -0.1) is 0 Å². The maximum atomic E-state index is 13.1. The number of nitro groups is 1. The molecule has 19 heavy (non-hydrogen) atoms. The van der Waals surface area contributed by atoms with Crippen molar-refractivity contribution in [2.45, 2.75) is 0 Å². The molecule has 0 unspecified atom stereocenters. The highest BCUT2D eigenvalue weighted by molar-refractivity contribution is 5.41. The summed E-state index contributed by atoms with van der Waals surface area (Å²) in [6.07, 6.45) is 0. The van der Waals surface area contributed by atoms with Crippen molar-refractivity contribution in [1.29, 1.82) is 0 Å². The number of non-ortho nitro benzene ring substituents is 1. The topological polar surface area (TPSA) is 52.4 Å². The Balaban J connectivity index is 2.35. The van der Waals surface area contributed by atoms with Gasteiger partial charge in [-0.3, -0.25) is 10.1 Å². The molecule has 0 N–H and O–H groups in total. The van der Waals surface area contributed by atoms with Crippen LogP contribution in [-0.4, -0.2) is 4.92 Å². The minimum Gasteiger partial charge on any atom is -0.457 e. The molecule has 0 atom stereocenters. The van der Waals surface area contributed by atoms with Gasteiger partial charge in [0, 0.05) is 24.3 Å². The SMILES string of the molecule is O=[N+]([O-])c1cc(F)cc(Oc2cc(F)cc(F)c2)c1. The molecule has 0 spiro atoms. The zero-order valence-corrected chi connectivity index (χ0v) is 9.27. The monoisotopic (exact) mass is 269 g/mol. The fourth-order valence-electron chi connectivity index (χ4n) is 1.44. The van der Waals surface area contributed by atoms with Crippen molar-refractivity contribution in [3.05, 3.63) is 64.0 Å². The molecule has 2 aromatic rings. The van der Waals surface area contributed by atoms with Gasteiger partial charge < -0.3 is 4.74 Å². The Morgan fingerprint density at radius 3 is 1.84 bits per heavy atom. The fraction of sp³-hybridized carbons (Fsp3) is 0. The normalized spacial score (nSPS) is 10.3. The number of ether oxygens (including phenoxy) is 1. The number of hydrogen-bond donors (Lipinski definition) is 0. The highest BCUT2D eigenvalue weighted by Gasteiger charge is 2.12. The van der Waals surface area contributed by atoms with Crippen LogP contribution in [0.3, 0.4) is 0 Å². The van der Waals surface area contributed by atoms with Gasteiger partial charge in [-0.25, -0.2) is 13.2 Å². The van der Waals surface area contributed by atoms with Crippen LogP contribution >= 0.6 is 0 Å². The van der Waals surface area contributed by atoms with E-state index in [9.17, 15) is 23.3 Å². The predicted octanol–water partition coefficient (Wildman–Crippen LogP) is 3.80. The summed E-state index contributed by atoms with van der Waals surface area (Å²) >= 11 is 0. The van der Waals surface area contributed by atoms with Crippen LogP contribution in [0.5, 0.6) is 11.5 Å². The molecule has 0 heterocycles. The zero-order chi connectivity index (χ0) is 14.0. The number of rotatable bonds is 3. The highest BCUT2D eigenvalue weighted by atomic mass is 19.1. The molecule has 0 bridgehead atoms. The molecule has 0 radical (unpaired) electrons. The molecule has 0 aliphatic heterocycles. The Morgan fingerprint density at radius 2 is 1.32 bits per heavy atom. The lowest BCUT2D eigenvalue weighted by Gasteiger charge is -2.06. The standard InChI is InChI=1S/C12H6F3NO3/c13-7-1-8(14)4-11(3-7)19-12-5-9(15)2-10(6-12)16(17)18/h1-6H. The quantitative estimate of drug-likeness (QED) is 0.629. The molecule has 0 aliphatic rings. The van der Waals surface area contributed by atoms with E-state index in [0.29, 0.717) is 12.1 Å². The van der Waals surface area contributed by atoms with Gasteiger partial charge in [0.25, 0.3) is 5.69 Å². The van der Waals surface area contributed by atoms with Crippen molar-refractivity contribution in [2.75, 3.05) is 0 Å². The summed E-state index contributed by atoms with van der Waals surface area (Å²) in [7, 11) is 0. The zero-order valence-electron chi connectivity index (χ0n) is 9.27. The van der Waals surface area contributed by atoms with Crippen LogP contribution in [0.25, 0.3) is 0 Å². The molecule has 2 rings (SSSR count). The Labute approximate surface area is 105 Å². The van der Waals surface area contributed by atoms with Gasteiger partial charge in [-0.2, -0.15) is 0 Å². The van der Waals surface area contributed by atoms with Gasteiger partial charge in [-0.05, 0) is 0 Å². The summed E-state index contributed by atoms with van der Waals surface area (Å²) in [5.41, 5.74) is -0.521. The molecule has 2 aromatic carbocycles. The van der Waals surface area contributed by atoms with Crippen molar-refractivity contribution in [1.82, 2.24) is 0 Å². The molecule has 0 aliphatic carbocycles. The molecule has 98 valence electrons. The molecule has 0 saturated carbocycles. The Morgan fingerprint density at radius 1 is 0.842 bits per heavy atom. The van der Waals surface area contributed by atoms with Crippen molar-refractivity contribution >= 4 is 5.69 Å². The van der Waals surface area contributed by atoms with Crippen molar-refractivity contribution in [3.8, 4) is 11.5 Å². The highest BCUT2D eigenvalue weighted by Crippen LogP contribution is 2.27. The minimum atomic E-state index is -0.888. The van der Waals surface area contributed by atoms with Crippen LogP contribution in [0.15, 0.2) is 36.4 Å². The lowest BCUT2D eigenvalue weighted by molar-refractivity contribution is -0.385. The average Bonchev–Trinajstić information content (AvgIpc) is 2.26. The van der Waals surface area contributed by atoms with E-state index < -0.39 is 28.1 Å². The first-order valence-corrected chi connectivity index (χ1v) is 5.03. The van der Waals surface area contributed by atoms with Gasteiger partial charge >= 0.3 is 0 Å². The summed E-state index contributed by atoms with van der Waals surface area (Å²) in [4.78, 5) is 9.73. The van der Waals surface area contributed by atoms with Crippen molar-refractivity contribution in [2.24, 2.45) is 0 Å². The number of nitrogens with zero attached hydrogens (tertiary/aromatic N) is 1. The maximum absolute atomic E-state index is 13.1. The first-order chi connectivity index (χ1) is 8.94. The number of halogens is 3. The second-order valence-corrected chi connectivity index (χ2v) is 3.61. The van der Waals surface area contributed by atoms with Crippen LogP contribution < -0.4 is 4.74 Å². The van der Waals surface area contributed by atoms with Gasteiger partial charge in [0.2, 0.25) is 0 Å². The summed E-state index contributed by atoms with van der Waals surface area (Å²) in [5.74, 6) is -3.09. The van der Waals surface area contributed by atoms with Crippen LogP contribution in [-0.2, 0) is 0 Å². The third-order valence-electron chi connectivity index (χ3n) is 2.14. The first-order valence-electron chi connectivity index (χ1n) is 5.03. The van der Waals surface area contributed by atoms with E-state index in [-0.39, 0.29) is 11.5 Å². The predicted molar refractivity (Wildman–Crippen MR) is 59.5 cm³/mol. The molecule has 0 saturated heterocycles. The smallest absolute Gasteiger partial charge is 0.276 e. The lowest BCUT2D eigenvalue weighted by atomic mass is 10.3. The van der Waals surface area contributed by atoms with E-state index in [0.717, 1.165) is 24.3 Å². The van der Waals surface area contributed by atoms with Gasteiger partial charge in [0.1, 0.15) is 29.0 Å². The van der Waals surface area contributed by atoms with E-state index in [1.807, 2.05) is 0 Å². The van der Waals surface area contributed by atoms with Crippen molar-refractivity contribution < 1.29 is 22.8 Å². The molecular formula is C12H6F3NO3. The summed E-state index contributed by atoms with van der Waals surface area (Å²) in [6, 6.07) is 4.92. The van der Waals surface area contributed by atoms with Crippen LogP contribution in [0, 0.1) is 27.6 Å². The number of hydrogen-bond acceptors (Lipinski definition) is 3. The summed E-state index contributed by atoms with van der Waals surface area (Å²) < 4.78 is 43.9. The summed E-state index contributed by atoms with van der Waals surface area (Å²) in [6.45, 7) is 0. The van der Waals surface area contributed by atoms with Crippen molar-refractivity contribution in [3.63, 3.8) is 0 Å². The largest absolute Gasteiger partial charge is 0.457 e. The molecule has 0 amide bonds. The third-order valence-corrected chi connectivity index (χ3v) is 2.14. The average molecular weight is 269 g/mol. The molecule has 0 aromatic heterocycles. The maximum Gasteiger partial charge on any atom is 0.276 e. The van der Waals surface area contributed by atoms with E-state index in [1.54, 1.807) is 0 Å². The lowest BCUT2D eigenvalue weighted by Crippen LogP contribution is -1.92. The number of nitro benzene ring substituents is 1. The van der Waals surface area contributed by atoms with E-state index >= 15 is 0 Å². The van der Waals surface area contributed by atoms with E-state index in [1.165, 1.54) is 0 Å². The second kappa shape index (κ2) is 4.97. The number of benzene rings is 2. The van der Waals surface area contributed by atoms with Gasteiger partial charge in [0.15, 0.2) is 0 Å². The van der Waals surface area contributed by atoms with Crippen LogP contribution in [0.4, 0.5) is 18.9 Å². The molecular weight excluding hydrogens is 263 g/mol. The van der Waals surface area contributed by atoms with E-state index in [4.69, 9.17) is 4.74 Å². The van der Waals surface area contributed by atoms with E-state index in [2.05, 4.69) is 0 Å². The minimum absolute atomic E-state index is 0.225. The Bertz CT molecular complexity index is 626. The molecule has 4 nitrogen and oxygen atoms in total. The van der Waals surface area contributed by atoms with Gasteiger partial charge in [-0.1, -0.05) is 0 Å². The Hall–Kier alpha value is -2.57. The molecule has 7 heteroatoms. The fourth-order valence-corrected chi connectivity index (χ4v) is 1.44. The van der Waals surface area contributed by atoms with Crippen LogP contribution in [0.1, 0.15) is 0 Å². The Kier molecular flexibility index (Phi) is 3.37. The first kappa shape index (κ1) is 12.9.